The van der Waals surface area contributed by atoms with E-state index < -0.39 is 18.3 Å². The number of likely N-dealkylation sites (tertiary alicyclic amines) is 1. The number of β-lactam (4-membered cyclic amide) rings is 1. The lowest BCUT2D eigenvalue weighted by Gasteiger charge is -2.44. The smallest absolute Gasteiger partial charge is 0.235 e. The molecule has 104 valence electrons. The first-order chi connectivity index (χ1) is 9.15. The molecule has 0 spiro atoms. The van der Waals surface area contributed by atoms with Gasteiger partial charge in [0.25, 0.3) is 0 Å². The largest absolute Gasteiger partial charge is 0.359 e. The summed E-state index contributed by atoms with van der Waals surface area (Å²) in [7, 11) is 1.49. The van der Waals surface area contributed by atoms with Crippen molar-refractivity contribution in [3.05, 3.63) is 35.9 Å². The molecule has 1 amide bonds. The Labute approximate surface area is 112 Å². The second-order valence-electron chi connectivity index (χ2n) is 4.63. The summed E-state index contributed by atoms with van der Waals surface area (Å²) >= 11 is 0. The monoisotopic (exact) mass is 267 g/mol. The lowest BCUT2D eigenvalue weighted by molar-refractivity contribution is -0.191. The molecule has 19 heavy (non-hydrogen) atoms. The van der Waals surface area contributed by atoms with Gasteiger partial charge in [0, 0.05) is 13.7 Å². The van der Waals surface area contributed by atoms with Gasteiger partial charge >= 0.3 is 0 Å². The highest BCUT2D eigenvalue weighted by molar-refractivity contribution is 5.86. The molecular weight excluding hydrogens is 249 g/mol. The van der Waals surface area contributed by atoms with Crippen LogP contribution in [0.5, 0.6) is 0 Å². The highest BCUT2D eigenvalue weighted by atomic mass is 19.1. The number of hydrogen-bond donors (Lipinski definition) is 0. The lowest BCUT2D eigenvalue weighted by Crippen LogP contribution is -2.62. The first-order valence-corrected chi connectivity index (χ1v) is 6.24. The van der Waals surface area contributed by atoms with Crippen LogP contribution >= 0.6 is 0 Å². The summed E-state index contributed by atoms with van der Waals surface area (Å²) in [5.41, 5.74) is 0.919. The van der Waals surface area contributed by atoms with Gasteiger partial charge in [0.15, 0.2) is 6.30 Å². The van der Waals surface area contributed by atoms with Crippen molar-refractivity contribution >= 4 is 5.91 Å². The predicted octanol–water partition coefficient (Wildman–Crippen LogP) is 1.95. The minimum atomic E-state index is -1.29. The summed E-state index contributed by atoms with van der Waals surface area (Å²) in [5.74, 6) is -0.932. The van der Waals surface area contributed by atoms with E-state index >= 15 is 0 Å². The molecule has 1 heterocycles. The van der Waals surface area contributed by atoms with Gasteiger partial charge in [-0.2, -0.15) is 0 Å². The number of hydrogen-bond acceptors (Lipinski definition) is 3. The fourth-order valence-electron chi connectivity index (χ4n) is 2.19. The molecule has 1 fully saturated rings. The molecule has 0 N–H and O–H groups in total. The summed E-state index contributed by atoms with van der Waals surface area (Å²) in [4.78, 5) is 13.2. The van der Waals surface area contributed by atoms with Crippen molar-refractivity contribution in [3.63, 3.8) is 0 Å². The van der Waals surface area contributed by atoms with E-state index in [4.69, 9.17) is 9.47 Å². The third kappa shape index (κ3) is 2.93. The minimum absolute atomic E-state index is 0.0658. The van der Waals surface area contributed by atoms with Crippen LogP contribution in [0.3, 0.4) is 0 Å². The number of benzene rings is 1. The van der Waals surface area contributed by atoms with E-state index in [2.05, 4.69) is 0 Å². The molecular formula is C14H18FNO3. The van der Waals surface area contributed by atoms with Crippen molar-refractivity contribution in [2.24, 2.45) is 5.92 Å². The molecule has 0 saturated carbocycles. The van der Waals surface area contributed by atoms with Gasteiger partial charge in [-0.1, -0.05) is 30.3 Å². The average Bonchev–Trinajstić information content (AvgIpc) is 2.44. The number of carbonyl (C=O) groups excluding carboxylic acids is 1. The highest BCUT2D eigenvalue weighted by Crippen LogP contribution is 2.33. The van der Waals surface area contributed by atoms with E-state index in [0.717, 1.165) is 5.56 Å². The van der Waals surface area contributed by atoms with Crippen LogP contribution < -0.4 is 0 Å². The van der Waals surface area contributed by atoms with Crippen molar-refractivity contribution in [3.8, 4) is 0 Å². The number of halogens is 1. The van der Waals surface area contributed by atoms with Gasteiger partial charge in [-0.15, -0.1) is 0 Å². The van der Waals surface area contributed by atoms with Crippen LogP contribution in [0.15, 0.2) is 30.3 Å². The molecule has 0 aliphatic carbocycles. The maximum absolute atomic E-state index is 14.0. The molecule has 1 saturated heterocycles. The number of methoxy groups -OCH3 is 1. The van der Waals surface area contributed by atoms with E-state index in [0.29, 0.717) is 6.54 Å². The average molecular weight is 267 g/mol. The zero-order valence-corrected chi connectivity index (χ0v) is 11.1. The molecule has 0 aromatic heterocycles. The van der Waals surface area contributed by atoms with E-state index in [-0.39, 0.29) is 12.7 Å². The van der Waals surface area contributed by atoms with Crippen molar-refractivity contribution in [2.45, 2.75) is 25.9 Å². The number of ether oxygens (including phenoxy) is 2. The van der Waals surface area contributed by atoms with Gasteiger partial charge in [-0.05, 0) is 12.5 Å². The molecule has 0 radical (unpaired) electrons. The van der Waals surface area contributed by atoms with Gasteiger partial charge in [0.1, 0.15) is 12.7 Å². The number of alkyl halides is 1. The second kappa shape index (κ2) is 6.12. The lowest BCUT2D eigenvalue weighted by atomic mass is 9.91. The first-order valence-electron chi connectivity index (χ1n) is 6.24. The molecule has 5 heteroatoms. The molecule has 1 aliphatic rings. The Kier molecular flexibility index (Phi) is 4.50. The Morgan fingerprint density at radius 3 is 2.63 bits per heavy atom. The summed E-state index contributed by atoms with van der Waals surface area (Å²) in [6.07, 6.45) is -1.77. The fraction of sp³-hybridized carbons (Fsp3) is 0.500. The second-order valence-corrected chi connectivity index (χ2v) is 4.63. The predicted molar refractivity (Wildman–Crippen MR) is 67.8 cm³/mol. The van der Waals surface area contributed by atoms with Crippen LogP contribution in [0, 0.1) is 5.92 Å². The number of nitrogens with zero attached hydrogens (tertiary/aromatic N) is 1. The molecule has 3 atom stereocenters. The van der Waals surface area contributed by atoms with Crippen LogP contribution in [0.1, 0.15) is 12.5 Å². The topological polar surface area (TPSA) is 38.8 Å². The molecule has 2 rings (SSSR count). The molecule has 1 aromatic rings. The zero-order chi connectivity index (χ0) is 13.8. The quantitative estimate of drug-likeness (QED) is 0.449. The first kappa shape index (κ1) is 14.0. The Balaban J connectivity index is 1.91. The van der Waals surface area contributed by atoms with Crippen LogP contribution in [0.25, 0.3) is 0 Å². The van der Waals surface area contributed by atoms with Crippen LogP contribution in [-0.4, -0.2) is 37.1 Å². The zero-order valence-electron chi connectivity index (χ0n) is 11.1. The Morgan fingerprint density at radius 1 is 1.37 bits per heavy atom. The summed E-state index contributed by atoms with van der Waals surface area (Å²) in [6, 6.07) is 9.37. The summed E-state index contributed by atoms with van der Waals surface area (Å²) < 4.78 is 24.0. The van der Waals surface area contributed by atoms with E-state index in [9.17, 15) is 9.18 Å². The molecule has 1 aromatic carbocycles. The highest BCUT2D eigenvalue weighted by Gasteiger charge is 2.50. The van der Waals surface area contributed by atoms with Crippen LogP contribution in [0.4, 0.5) is 4.39 Å². The fourth-order valence-corrected chi connectivity index (χ4v) is 2.19. The third-order valence-electron chi connectivity index (χ3n) is 3.31. The molecule has 0 bridgehead atoms. The van der Waals surface area contributed by atoms with Gasteiger partial charge in [0.2, 0.25) is 5.91 Å². The molecule has 1 aliphatic heterocycles. The van der Waals surface area contributed by atoms with Crippen LogP contribution in [-0.2, 0) is 20.8 Å². The molecule has 4 nitrogen and oxygen atoms in total. The van der Waals surface area contributed by atoms with Crippen molar-refractivity contribution < 1.29 is 18.7 Å². The Hall–Kier alpha value is -1.46. The maximum Gasteiger partial charge on any atom is 0.235 e. The normalized spacial score (nSPS) is 24.2. The van der Waals surface area contributed by atoms with E-state index in [1.54, 1.807) is 6.92 Å². The van der Waals surface area contributed by atoms with Gasteiger partial charge in [0.05, 0.1) is 6.10 Å². The minimum Gasteiger partial charge on any atom is -0.359 e. The van der Waals surface area contributed by atoms with E-state index in [1.165, 1.54) is 12.0 Å². The van der Waals surface area contributed by atoms with Gasteiger partial charge in [-0.25, -0.2) is 4.39 Å². The maximum atomic E-state index is 14.0. The van der Waals surface area contributed by atoms with Gasteiger partial charge < -0.3 is 14.4 Å². The van der Waals surface area contributed by atoms with Gasteiger partial charge in [-0.3, -0.25) is 4.79 Å². The number of amides is 1. The standard InChI is InChI=1S/C14H18FNO3/c1-10(19-9-18-2)12-13(15)16(14(12)17)8-11-6-4-3-5-7-11/h3-7,10,12-13H,8-9H2,1-2H3/t10?,12-,13+/m1/s1. The number of carbonyl (C=O) groups is 1. The van der Waals surface area contributed by atoms with Crippen molar-refractivity contribution in [2.75, 3.05) is 13.9 Å². The Bertz CT molecular complexity index is 426. The summed E-state index contributed by atoms with van der Waals surface area (Å²) in [6.45, 7) is 2.05. The molecule has 1 unspecified atom stereocenters. The third-order valence-corrected chi connectivity index (χ3v) is 3.31. The number of rotatable bonds is 6. The van der Waals surface area contributed by atoms with E-state index in [1.807, 2.05) is 30.3 Å². The van der Waals surface area contributed by atoms with Crippen molar-refractivity contribution in [1.29, 1.82) is 0 Å². The summed E-state index contributed by atoms with van der Waals surface area (Å²) in [5, 5.41) is 0. The SMILES string of the molecule is COCOC(C)[C@H]1C(=O)N(Cc2ccccc2)[C@@H]1F. The van der Waals surface area contributed by atoms with Crippen molar-refractivity contribution in [1.82, 2.24) is 4.90 Å². The Morgan fingerprint density at radius 2 is 2.05 bits per heavy atom. The van der Waals surface area contributed by atoms with Crippen LogP contribution in [0.2, 0.25) is 0 Å².